The summed E-state index contributed by atoms with van der Waals surface area (Å²) in [6.45, 7) is 12.3. The van der Waals surface area contributed by atoms with Gasteiger partial charge in [-0.1, -0.05) is 42.5 Å². The van der Waals surface area contributed by atoms with E-state index < -0.39 is 0 Å². The van der Waals surface area contributed by atoms with Crippen molar-refractivity contribution in [3.63, 3.8) is 0 Å². The van der Waals surface area contributed by atoms with Gasteiger partial charge in [-0.2, -0.15) is 0 Å². The fraction of sp³-hybridized carbons (Fsp3) is 0.333. The summed E-state index contributed by atoms with van der Waals surface area (Å²) in [4.78, 5) is 26.0. The minimum absolute atomic E-state index is 0.249. The van der Waals surface area contributed by atoms with Gasteiger partial charge in [-0.05, 0) is 126 Å². The van der Waals surface area contributed by atoms with E-state index in [9.17, 15) is 9.59 Å². The summed E-state index contributed by atoms with van der Waals surface area (Å²) in [6.07, 6.45) is 6.76. The molecule has 0 aliphatic rings. The standard InChI is InChI=1S/C36H43NO4/c1-7-26(3)35(38)40-23-9-11-30-14-19-32(20-15-30)37(34-18-13-28(5)29(6)25-34)33-21-16-31(17-22-33)12-10-24-41-36(39)27(4)8-2/h7-8,13-22,25H,9-12,23-24H2,1-6H3. The number of rotatable bonds is 13. The lowest BCUT2D eigenvalue weighted by Gasteiger charge is -2.26. The van der Waals surface area contributed by atoms with Crippen LogP contribution in [0.2, 0.25) is 0 Å². The number of esters is 2. The number of aryl methyl sites for hydroxylation is 4. The molecule has 3 aromatic carbocycles. The second-order valence-electron chi connectivity index (χ2n) is 10.4. The number of carbonyl (C=O) groups is 2. The van der Waals surface area contributed by atoms with Crippen LogP contribution in [-0.2, 0) is 31.9 Å². The van der Waals surface area contributed by atoms with Crippen LogP contribution in [0, 0.1) is 13.8 Å². The monoisotopic (exact) mass is 553 g/mol. The molecule has 0 radical (unpaired) electrons. The topological polar surface area (TPSA) is 55.8 Å². The molecule has 0 unspecified atom stereocenters. The second kappa shape index (κ2) is 15.6. The lowest BCUT2D eigenvalue weighted by Crippen LogP contribution is -2.11. The first-order chi connectivity index (χ1) is 19.7. The van der Waals surface area contributed by atoms with Gasteiger partial charge in [0, 0.05) is 28.2 Å². The Labute approximate surface area is 245 Å². The number of nitrogens with zero attached hydrogens (tertiary/aromatic N) is 1. The van der Waals surface area contributed by atoms with Crippen LogP contribution in [0.3, 0.4) is 0 Å². The molecule has 216 valence electrons. The molecule has 0 aromatic heterocycles. The Morgan fingerprint density at radius 2 is 1.05 bits per heavy atom. The van der Waals surface area contributed by atoms with Gasteiger partial charge in [0.2, 0.25) is 0 Å². The summed E-state index contributed by atoms with van der Waals surface area (Å²) in [5, 5.41) is 0. The fourth-order valence-corrected chi connectivity index (χ4v) is 4.28. The van der Waals surface area contributed by atoms with Crippen molar-refractivity contribution in [2.75, 3.05) is 18.1 Å². The van der Waals surface area contributed by atoms with Crippen LogP contribution in [-0.4, -0.2) is 25.2 Å². The summed E-state index contributed by atoms with van der Waals surface area (Å²) >= 11 is 0. The van der Waals surface area contributed by atoms with E-state index in [-0.39, 0.29) is 11.9 Å². The van der Waals surface area contributed by atoms with Crippen molar-refractivity contribution in [3.8, 4) is 0 Å². The molecule has 0 aliphatic carbocycles. The Hall–Kier alpha value is -4.12. The molecule has 0 heterocycles. The van der Waals surface area contributed by atoms with Gasteiger partial charge >= 0.3 is 11.9 Å². The first-order valence-electron chi connectivity index (χ1n) is 14.4. The lowest BCUT2D eigenvalue weighted by molar-refractivity contribution is -0.139. The molecular weight excluding hydrogens is 510 g/mol. The van der Waals surface area contributed by atoms with Crippen molar-refractivity contribution < 1.29 is 19.1 Å². The van der Waals surface area contributed by atoms with Crippen LogP contribution in [0.5, 0.6) is 0 Å². The number of hydrogen-bond donors (Lipinski definition) is 0. The Kier molecular flexibility index (Phi) is 12.0. The van der Waals surface area contributed by atoms with Gasteiger partial charge in [0.15, 0.2) is 0 Å². The van der Waals surface area contributed by atoms with E-state index in [0.29, 0.717) is 24.4 Å². The lowest BCUT2D eigenvalue weighted by atomic mass is 10.1. The maximum atomic E-state index is 11.8. The van der Waals surface area contributed by atoms with Crippen LogP contribution in [0.25, 0.3) is 0 Å². The van der Waals surface area contributed by atoms with Crippen molar-refractivity contribution >= 4 is 29.0 Å². The molecule has 0 aliphatic heterocycles. The minimum Gasteiger partial charge on any atom is -0.462 e. The molecule has 41 heavy (non-hydrogen) atoms. The van der Waals surface area contributed by atoms with Gasteiger partial charge in [-0.25, -0.2) is 9.59 Å². The van der Waals surface area contributed by atoms with Gasteiger partial charge in [-0.15, -0.1) is 0 Å². The summed E-state index contributed by atoms with van der Waals surface area (Å²) in [6, 6.07) is 23.7. The number of ether oxygens (including phenoxy) is 2. The molecule has 5 nitrogen and oxygen atoms in total. The molecule has 3 rings (SSSR count). The zero-order valence-electron chi connectivity index (χ0n) is 25.3. The van der Waals surface area contributed by atoms with Gasteiger partial charge in [0.25, 0.3) is 0 Å². The zero-order valence-corrected chi connectivity index (χ0v) is 25.3. The van der Waals surface area contributed by atoms with E-state index in [4.69, 9.17) is 9.47 Å². The average Bonchev–Trinajstić information content (AvgIpc) is 2.99. The van der Waals surface area contributed by atoms with Gasteiger partial charge in [0.1, 0.15) is 0 Å². The highest BCUT2D eigenvalue weighted by atomic mass is 16.5. The predicted octanol–water partition coefficient (Wildman–Crippen LogP) is 8.66. The molecule has 0 atom stereocenters. The van der Waals surface area contributed by atoms with E-state index >= 15 is 0 Å². The van der Waals surface area contributed by atoms with Gasteiger partial charge in [0.05, 0.1) is 13.2 Å². The number of hydrogen-bond acceptors (Lipinski definition) is 5. The van der Waals surface area contributed by atoms with E-state index in [0.717, 1.165) is 42.7 Å². The first kappa shape index (κ1) is 31.4. The molecule has 0 saturated heterocycles. The molecule has 0 bridgehead atoms. The normalized spacial score (nSPS) is 11.8. The highest BCUT2D eigenvalue weighted by Crippen LogP contribution is 2.35. The number of carbonyl (C=O) groups excluding carboxylic acids is 2. The number of anilines is 3. The van der Waals surface area contributed by atoms with Crippen molar-refractivity contribution in [1.29, 1.82) is 0 Å². The van der Waals surface area contributed by atoms with Gasteiger partial charge < -0.3 is 14.4 Å². The highest BCUT2D eigenvalue weighted by molar-refractivity contribution is 5.88. The Balaban J connectivity index is 1.70. The van der Waals surface area contributed by atoms with E-state index in [1.807, 2.05) is 13.8 Å². The highest BCUT2D eigenvalue weighted by Gasteiger charge is 2.14. The van der Waals surface area contributed by atoms with E-state index in [2.05, 4.69) is 85.5 Å². The van der Waals surface area contributed by atoms with Crippen molar-refractivity contribution in [3.05, 3.63) is 112 Å². The van der Waals surface area contributed by atoms with Crippen LogP contribution in [0.1, 0.15) is 62.8 Å². The van der Waals surface area contributed by atoms with Gasteiger partial charge in [-0.3, -0.25) is 0 Å². The maximum absolute atomic E-state index is 11.8. The summed E-state index contributed by atoms with van der Waals surface area (Å²) in [5.74, 6) is -0.498. The smallest absolute Gasteiger partial charge is 0.333 e. The summed E-state index contributed by atoms with van der Waals surface area (Å²) < 4.78 is 10.7. The minimum atomic E-state index is -0.249. The molecular formula is C36H43NO4. The predicted molar refractivity (Wildman–Crippen MR) is 168 cm³/mol. The SMILES string of the molecule is CC=C(C)C(=O)OCCCc1ccc(N(c2ccc(CCCOC(=O)C(C)=CC)cc2)c2ccc(C)c(C)c2)cc1. The number of benzene rings is 3. The Bertz CT molecular complexity index is 1290. The molecule has 0 spiro atoms. The van der Waals surface area contributed by atoms with Crippen molar-refractivity contribution in [1.82, 2.24) is 0 Å². The van der Waals surface area contributed by atoms with Crippen LogP contribution in [0.15, 0.2) is 90.0 Å². The number of allylic oxidation sites excluding steroid dienone is 2. The molecule has 0 N–H and O–H groups in total. The Morgan fingerprint density at radius 1 is 0.634 bits per heavy atom. The fourth-order valence-electron chi connectivity index (χ4n) is 4.28. The third-order valence-corrected chi connectivity index (χ3v) is 7.33. The zero-order chi connectivity index (χ0) is 29.8. The average molecular weight is 554 g/mol. The first-order valence-corrected chi connectivity index (χ1v) is 14.4. The summed E-state index contributed by atoms with van der Waals surface area (Å²) in [7, 11) is 0. The van der Waals surface area contributed by atoms with E-state index in [1.165, 1.54) is 22.3 Å². The third kappa shape index (κ3) is 9.21. The van der Waals surface area contributed by atoms with Crippen molar-refractivity contribution in [2.24, 2.45) is 0 Å². The molecule has 3 aromatic rings. The maximum Gasteiger partial charge on any atom is 0.333 e. The van der Waals surface area contributed by atoms with Crippen LogP contribution < -0.4 is 4.90 Å². The van der Waals surface area contributed by atoms with Crippen LogP contribution >= 0.6 is 0 Å². The quantitative estimate of drug-likeness (QED) is 0.120. The van der Waals surface area contributed by atoms with Crippen LogP contribution in [0.4, 0.5) is 17.1 Å². The molecule has 0 saturated carbocycles. The third-order valence-electron chi connectivity index (χ3n) is 7.33. The molecule has 0 fully saturated rings. The Morgan fingerprint density at radius 3 is 1.44 bits per heavy atom. The van der Waals surface area contributed by atoms with E-state index in [1.54, 1.807) is 26.0 Å². The largest absolute Gasteiger partial charge is 0.462 e. The molecule has 5 heteroatoms. The second-order valence-corrected chi connectivity index (χ2v) is 10.4. The van der Waals surface area contributed by atoms with Crippen molar-refractivity contribution in [2.45, 2.75) is 67.2 Å². The summed E-state index contributed by atoms with van der Waals surface area (Å²) in [5.41, 5.74) is 9.43. The molecule has 0 amide bonds.